The lowest BCUT2D eigenvalue weighted by molar-refractivity contribution is 0.283. The number of rotatable bonds is 8. The number of aliphatic hydroxyl groups is 1. The average Bonchev–Trinajstić information content (AvgIpc) is 2.31. The molecule has 1 aromatic carbocycles. The van der Waals surface area contributed by atoms with E-state index in [-0.39, 0.29) is 12.4 Å². The molecule has 0 bridgehead atoms. The molecule has 0 aromatic heterocycles. The fraction of sp³-hybridized carbons (Fsp3) is 0.500. The van der Waals surface area contributed by atoms with Crippen LogP contribution in [0.25, 0.3) is 0 Å². The van der Waals surface area contributed by atoms with Crippen LogP contribution in [0.3, 0.4) is 0 Å². The molecular weight excluding hydrogens is 252 g/mol. The largest absolute Gasteiger partial charge is 0.399 e. The van der Waals surface area contributed by atoms with Gasteiger partial charge in [0.15, 0.2) is 0 Å². The maximum atomic E-state index is 11.7. The Balaban J connectivity index is 2.37. The number of hydrogen-bond donors (Lipinski definition) is 3. The Bertz CT molecular complexity index is 443. The van der Waals surface area contributed by atoms with Crippen LogP contribution in [0.15, 0.2) is 24.3 Å². The highest BCUT2D eigenvalue weighted by Gasteiger charge is 2.10. The summed E-state index contributed by atoms with van der Waals surface area (Å²) < 4.78 is 26.0. The van der Waals surface area contributed by atoms with Gasteiger partial charge in [0.1, 0.15) is 0 Å². The minimum Gasteiger partial charge on any atom is -0.399 e. The van der Waals surface area contributed by atoms with E-state index >= 15 is 0 Å². The van der Waals surface area contributed by atoms with Gasteiger partial charge in [-0.05, 0) is 37.0 Å². The summed E-state index contributed by atoms with van der Waals surface area (Å²) >= 11 is 0. The molecule has 0 radical (unpaired) electrons. The van der Waals surface area contributed by atoms with Crippen LogP contribution in [0.5, 0.6) is 0 Å². The second-order valence-corrected chi connectivity index (χ2v) is 5.99. The number of nitrogens with one attached hydrogen (secondary N) is 1. The van der Waals surface area contributed by atoms with Crippen molar-refractivity contribution < 1.29 is 13.5 Å². The molecule has 18 heavy (non-hydrogen) atoms. The quantitative estimate of drug-likeness (QED) is 0.483. The number of aliphatic hydroxyl groups excluding tert-OH is 1. The minimum absolute atomic E-state index is 0.0344. The maximum Gasteiger partial charge on any atom is 0.215 e. The summed E-state index contributed by atoms with van der Waals surface area (Å²) in [6.07, 6.45) is 2.27. The van der Waals surface area contributed by atoms with Crippen LogP contribution in [-0.4, -0.2) is 26.7 Å². The number of benzene rings is 1. The first-order valence-corrected chi connectivity index (χ1v) is 7.61. The Labute approximate surface area is 108 Å². The van der Waals surface area contributed by atoms with Crippen LogP contribution in [0, 0.1) is 0 Å². The number of anilines is 1. The van der Waals surface area contributed by atoms with Gasteiger partial charge in [-0.25, -0.2) is 13.1 Å². The Hall–Kier alpha value is -1.11. The number of sulfonamides is 1. The molecule has 0 amide bonds. The molecule has 0 unspecified atom stereocenters. The summed E-state index contributed by atoms with van der Waals surface area (Å²) in [5, 5.41) is 8.59. The van der Waals surface area contributed by atoms with Crippen LogP contribution >= 0.6 is 0 Å². The zero-order valence-corrected chi connectivity index (χ0v) is 11.1. The molecule has 0 aliphatic rings. The maximum absolute atomic E-state index is 11.7. The van der Waals surface area contributed by atoms with E-state index in [1.165, 1.54) is 0 Å². The van der Waals surface area contributed by atoms with Gasteiger partial charge in [0.05, 0.1) is 5.75 Å². The molecule has 5 nitrogen and oxygen atoms in total. The predicted molar refractivity (Wildman–Crippen MR) is 72.4 cm³/mol. The van der Waals surface area contributed by atoms with Gasteiger partial charge < -0.3 is 10.8 Å². The Morgan fingerprint density at radius 3 is 2.39 bits per heavy atom. The lowest BCUT2D eigenvalue weighted by Gasteiger charge is -2.06. The molecule has 0 saturated heterocycles. The highest BCUT2D eigenvalue weighted by atomic mass is 32.2. The second-order valence-electron chi connectivity index (χ2n) is 4.18. The first-order valence-electron chi connectivity index (χ1n) is 5.96. The first-order chi connectivity index (χ1) is 8.53. The van der Waals surface area contributed by atoms with E-state index in [2.05, 4.69) is 4.72 Å². The lowest BCUT2D eigenvalue weighted by atomic mass is 10.2. The van der Waals surface area contributed by atoms with E-state index in [0.717, 1.165) is 12.8 Å². The van der Waals surface area contributed by atoms with Crippen molar-refractivity contribution >= 4 is 15.7 Å². The van der Waals surface area contributed by atoms with Crippen molar-refractivity contribution in [2.45, 2.75) is 25.0 Å². The molecule has 0 heterocycles. The van der Waals surface area contributed by atoms with Gasteiger partial charge in [-0.15, -0.1) is 0 Å². The van der Waals surface area contributed by atoms with Crippen molar-refractivity contribution in [2.24, 2.45) is 0 Å². The third-order valence-corrected chi connectivity index (χ3v) is 3.85. The molecule has 0 atom stereocenters. The van der Waals surface area contributed by atoms with Gasteiger partial charge in [0.25, 0.3) is 0 Å². The summed E-state index contributed by atoms with van der Waals surface area (Å²) in [6, 6.07) is 6.79. The van der Waals surface area contributed by atoms with Gasteiger partial charge >= 0.3 is 0 Å². The predicted octanol–water partition coefficient (Wildman–Crippen LogP) is 0.851. The van der Waals surface area contributed by atoms with Gasteiger partial charge in [-0.1, -0.05) is 12.1 Å². The zero-order valence-electron chi connectivity index (χ0n) is 10.3. The SMILES string of the molecule is Nc1ccc(CS(=O)(=O)NCCCCCO)cc1. The molecule has 0 aliphatic carbocycles. The summed E-state index contributed by atoms with van der Waals surface area (Å²) in [7, 11) is -3.29. The number of nitrogen functional groups attached to an aromatic ring is 1. The summed E-state index contributed by atoms with van der Waals surface area (Å²) in [5.41, 5.74) is 6.87. The van der Waals surface area contributed by atoms with Crippen molar-refractivity contribution in [3.63, 3.8) is 0 Å². The van der Waals surface area contributed by atoms with Crippen LogP contribution in [0.1, 0.15) is 24.8 Å². The van der Waals surface area contributed by atoms with E-state index in [1.54, 1.807) is 24.3 Å². The van der Waals surface area contributed by atoms with Crippen LogP contribution in [0.2, 0.25) is 0 Å². The van der Waals surface area contributed by atoms with Crippen LogP contribution in [-0.2, 0) is 15.8 Å². The van der Waals surface area contributed by atoms with E-state index in [4.69, 9.17) is 10.8 Å². The van der Waals surface area contributed by atoms with Crippen molar-refractivity contribution in [2.75, 3.05) is 18.9 Å². The molecular formula is C12H20N2O3S. The summed E-state index contributed by atoms with van der Waals surface area (Å²) in [5.74, 6) is -0.0344. The van der Waals surface area contributed by atoms with E-state index in [1.807, 2.05) is 0 Å². The van der Waals surface area contributed by atoms with Crippen LogP contribution in [0.4, 0.5) is 5.69 Å². The van der Waals surface area contributed by atoms with Gasteiger partial charge in [-0.3, -0.25) is 0 Å². The zero-order chi connectivity index (χ0) is 13.4. The summed E-state index contributed by atoms with van der Waals surface area (Å²) in [6.45, 7) is 0.565. The molecule has 1 rings (SSSR count). The van der Waals surface area contributed by atoms with E-state index in [0.29, 0.717) is 24.2 Å². The highest BCUT2D eigenvalue weighted by molar-refractivity contribution is 7.88. The number of nitrogens with two attached hydrogens (primary N) is 1. The highest BCUT2D eigenvalue weighted by Crippen LogP contribution is 2.08. The normalized spacial score (nSPS) is 11.6. The minimum atomic E-state index is -3.29. The number of hydrogen-bond acceptors (Lipinski definition) is 4. The van der Waals surface area contributed by atoms with E-state index < -0.39 is 10.0 Å². The Morgan fingerprint density at radius 2 is 1.78 bits per heavy atom. The van der Waals surface area contributed by atoms with Crippen LogP contribution < -0.4 is 10.5 Å². The average molecular weight is 272 g/mol. The fourth-order valence-corrected chi connectivity index (χ4v) is 2.71. The van der Waals surface area contributed by atoms with Gasteiger partial charge in [-0.2, -0.15) is 0 Å². The smallest absolute Gasteiger partial charge is 0.215 e. The summed E-state index contributed by atoms with van der Waals surface area (Å²) in [4.78, 5) is 0. The van der Waals surface area contributed by atoms with E-state index in [9.17, 15) is 8.42 Å². The number of unbranched alkanes of at least 4 members (excludes halogenated alkanes) is 2. The molecule has 0 fully saturated rings. The van der Waals surface area contributed by atoms with Crippen molar-refractivity contribution in [1.29, 1.82) is 0 Å². The van der Waals surface area contributed by atoms with Gasteiger partial charge in [0, 0.05) is 18.8 Å². The Kier molecular flexibility index (Phi) is 6.11. The van der Waals surface area contributed by atoms with Crippen molar-refractivity contribution in [3.05, 3.63) is 29.8 Å². The van der Waals surface area contributed by atoms with Gasteiger partial charge in [0.2, 0.25) is 10.0 Å². The topological polar surface area (TPSA) is 92.4 Å². The third kappa shape index (κ3) is 6.00. The Morgan fingerprint density at radius 1 is 1.11 bits per heavy atom. The molecule has 4 N–H and O–H groups in total. The molecule has 0 saturated carbocycles. The molecule has 1 aromatic rings. The monoisotopic (exact) mass is 272 g/mol. The molecule has 0 spiro atoms. The molecule has 102 valence electrons. The lowest BCUT2D eigenvalue weighted by Crippen LogP contribution is -2.26. The first kappa shape index (κ1) is 14.9. The van der Waals surface area contributed by atoms with Crippen molar-refractivity contribution in [3.8, 4) is 0 Å². The third-order valence-electron chi connectivity index (χ3n) is 2.49. The molecule has 0 aliphatic heterocycles. The molecule has 6 heteroatoms. The second kappa shape index (κ2) is 7.35. The standard InChI is InChI=1S/C12H20N2O3S/c13-12-6-4-11(5-7-12)10-18(16,17)14-8-2-1-3-9-15/h4-7,14-15H,1-3,8-10,13H2. The fourth-order valence-electron chi connectivity index (χ4n) is 1.53. The van der Waals surface area contributed by atoms with Crippen molar-refractivity contribution in [1.82, 2.24) is 4.72 Å².